The van der Waals surface area contributed by atoms with E-state index in [0.717, 1.165) is 11.4 Å². The molecule has 1 aliphatic carbocycles. The number of hydrogen-bond donors (Lipinski definition) is 2. The van der Waals surface area contributed by atoms with Crippen molar-refractivity contribution in [1.29, 1.82) is 0 Å². The summed E-state index contributed by atoms with van der Waals surface area (Å²) in [6.45, 7) is 0. The Morgan fingerprint density at radius 1 is 1.22 bits per heavy atom. The van der Waals surface area contributed by atoms with Crippen molar-refractivity contribution >= 4 is 23.0 Å². The van der Waals surface area contributed by atoms with E-state index in [9.17, 15) is 0 Å². The van der Waals surface area contributed by atoms with Crippen LogP contribution in [0.15, 0.2) is 12.5 Å². The lowest BCUT2D eigenvalue weighted by Gasteiger charge is -2.22. The first-order valence-corrected chi connectivity index (χ1v) is 7.04. The van der Waals surface area contributed by atoms with Gasteiger partial charge in [0.1, 0.15) is 17.1 Å². The van der Waals surface area contributed by atoms with E-state index in [2.05, 4.69) is 15.3 Å². The summed E-state index contributed by atoms with van der Waals surface area (Å²) in [4.78, 5) is 8.58. The van der Waals surface area contributed by atoms with Gasteiger partial charge in [0.25, 0.3) is 0 Å². The van der Waals surface area contributed by atoms with Crippen LogP contribution in [-0.4, -0.2) is 21.0 Å². The largest absolute Gasteiger partial charge is 0.389 e. The Kier molecular flexibility index (Phi) is 4.87. The molecule has 1 aromatic heterocycles. The molecule has 0 unspecified atom stereocenters. The van der Waals surface area contributed by atoms with Crippen LogP contribution in [0.25, 0.3) is 0 Å². The summed E-state index contributed by atoms with van der Waals surface area (Å²) in [5.74, 6) is 0.781. The van der Waals surface area contributed by atoms with Crippen molar-refractivity contribution in [2.45, 2.75) is 51.0 Å². The van der Waals surface area contributed by atoms with Gasteiger partial charge in [-0.05, 0) is 12.8 Å². The highest BCUT2D eigenvalue weighted by Gasteiger charge is 2.14. The highest BCUT2D eigenvalue weighted by Crippen LogP contribution is 2.21. The molecule has 2 rings (SSSR count). The monoisotopic (exact) mass is 264 g/mol. The van der Waals surface area contributed by atoms with Crippen LogP contribution in [0.4, 0.5) is 5.82 Å². The molecule has 0 bridgehead atoms. The third kappa shape index (κ3) is 3.63. The van der Waals surface area contributed by atoms with Gasteiger partial charge in [-0.3, -0.25) is 0 Å². The zero-order valence-corrected chi connectivity index (χ0v) is 11.4. The van der Waals surface area contributed by atoms with Gasteiger partial charge in [-0.1, -0.05) is 44.3 Å². The van der Waals surface area contributed by atoms with Crippen molar-refractivity contribution < 1.29 is 0 Å². The quantitative estimate of drug-likeness (QED) is 0.822. The Morgan fingerprint density at radius 2 is 1.89 bits per heavy atom. The molecular weight excluding hydrogens is 244 g/mol. The molecule has 0 aromatic carbocycles. The molecule has 3 N–H and O–H groups in total. The second-order valence-electron chi connectivity index (χ2n) is 4.84. The Labute approximate surface area is 113 Å². The first-order chi connectivity index (χ1) is 8.77. The molecule has 5 heteroatoms. The van der Waals surface area contributed by atoms with Gasteiger partial charge in [0.15, 0.2) is 0 Å². The summed E-state index contributed by atoms with van der Waals surface area (Å²) < 4.78 is 0. The van der Waals surface area contributed by atoms with Gasteiger partial charge < -0.3 is 11.1 Å². The average molecular weight is 264 g/mol. The summed E-state index contributed by atoms with van der Waals surface area (Å²) in [6.07, 6.45) is 12.2. The maximum absolute atomic E-state index is 5.69. The standard InChI is InChI=1S/C13H20N4S/c14-12(18)11-8-15-9-16-13(11)17-10-6-4-2-1-3-5-7-10/h8-10H,1-7H2,(H2,14,18)(H,15,16,17). The minimum Gasteiger partial charge on any atom is -0.389 e. The first kappa shape index (κ1) is 13.2. The van der Waals surface area contributed by atoms with Crippen molar-refractivity contribution in [3.05, 3.63) is 18.1 Å². The number of aromatic nitrogens is 2. The zero-order chi connectivity index (χ0) is 12.8. The third-order valence-electron chi connectivity index (χ3n) is 3.42. The second kappa shape index (κ2) is 6.64. The topological polar surface area (TPSA) is 63.8 Å². The molecule has 18 heavy (non-hydrogen) atoms. The fourth-order valence-corrected chi connectivity index (χ4v) is 2.57. The number of rotatable bonds is 3. The third-order valence-corrected chi connectivity index (χ3v) is 3.64. The van der Waals surface area contributed by atoms with Crippen LogP contribution in [0, 0.1) is 0 Å². The fraction of sp³-hybridized carbons (Fsp3) is 0.615. The molecule has 0 spiro atoms. The van der Waals surface area contributed by atoms with Crippen molar-refractivity contribution in [3.8, 4) is 0 Å². The molecule has 1 aromatic rings. The van der Waals surface area contributed by atoms with Crippen LogP contribution >= 0.6 is 12.2 Å². The zero-order valence-electron chi connectivity index (χ0n) is 10.6. The molecule has 0 saturated heterocycles. The number of nitrogens with two attached hydrogens (primary N) is 1. The van der Waals surface area contributed by atoms with E-state index >= 15 is 0 Å². The smallest absolute Gasteiger partial charge is 0.139 e. The lowest BCUT2D eigenvalue weighted by Crippen LogP contribution is -2.24. The highest BCUT2D eigenvalue weighted by molar-refractivity contribution is 7.80. The normalized spacial score (nSPS) is 17.8. The Hall–Kier alpha value is -1.23. The Balaban J connectivity index is 2.05. The molecule has 0 aliphatic heterocycles. The Bertz CT molecular complexity index is 400. The first-order valence-electron chi connectivity index (χ1n) is 6.63. The van der Waals surface area contributed by atoms with Gasteiger partial charge in [0.2, 0.25) is 0 Å². The molecule has 1 heterocycles. The van der Waals surface area contributed by atoms with Crippen LogP contribution < -0.4 is 11.1 Å². The van der Waals surface area contributed by atoms with E-state index in [1.54, 1.807) is 6.20 Å². The van der Waals surface area contributed by atoms with Crippen molar-refractivity contribution in [1.82, 2.24) is 9.97 Å². The van der Waals surface area contributed by atoms with E-state index in [1.807, 2.05) is 0 Å². The molecule has 98 valence electrons. The van der Waals surface area contributed by atoms with Crippen LogP contribution in [0.3, 0.4) is 0 Å². The summed E-state index contributed by atoms with van der Waals surface area (Å²) >= 11 is 5.02. The van der Waals surface area contributed by atoms with E-state index in [4.69, 9.17) is 18.0 Å². The predicted molar refractivity (Wildman–Crippen MR) is 77.6 cm³/mol. The lowest BCUT2D eigenvalue weighted by molar-refractivity contribution is 0.470. The minimum atomic E-state index is 0.351. The molecule has 1 saturated carbocycles. The van der Waals surface area contributed by atoms with Crippen LogP contribution in [-0.2, 0) is 0 Å². The molecule has 1 fully saturated rings. The van der Waals surface area contributed by atoms with Crippen LogP contribution in [0.5, 0.6) is 0 Å². The maximum atomic E-state index is 5.69. The number of nitrogens with one attached hydrogen (secondary N) is 1. The van der Waals surface area contributed by atoms with Crippen molar-refractivity contribution in [3.63, 3.8) is 0 Å². The summed E-state index contributed by atoms with van der Waals surface area (Å²) in [5.41, 5.74) is 6.43. The Morgan fingerprint density at radius 3 is 2.56 bits per heavy atom. The van der Waals surface area contributed by atoms with Crippen molar-refractivity contribution in [2.75, 3.05) is 5.32 Å². The van der Waals surface area contributed by atoms with Crippen LogP contribution in [0.1, 0.15) is 50.5 Å². The predicted octanol–water partition coefficient (Wildman–Crippen LogP) is 2.64. The molecule has 1 aliphatic rings. The number of nitrogens with zero attached hydrogens (tertiary/aromatic N) is 2. The number of anilines is 1. The van der Waals surface area contributed by atoms with E-state index < -0.39 is 0 Å². The lowest BCUT2D eigenvalue weighted by atomic mass is 9.96. The SMILES string of the molecule is NC(=S)c1cncnc1NC1CCCCCCC1. The summed E-state index contributed by atoms with van der Waals surface area (Å²) in [7, 11) is 0. The molecule has 4 nitrogen and oxygen atoms in total. The molecule has 0 atom stereocenters. The van der Waals surface area contributed by atoms with Gasteiger partial charge in [-0.15, -0.1) is 0 Å². The average Bonchev–Trinajstić information content (AvgIpc) is 2.33. The minimum absolute atomic E-state index is 0.351. The van der Waals surface area contributed by atoms with Crippen molar-refractivity contribution in [2.24, 2.45) is 5.73 Å². The summed E-state index contributed by atoms with van der Waals surface area (Å²) in [5, 5.41) is 3.48. The van der Waals surface area contributed by atoms with Gasteiger partial charge in [0.05, 0.1) is 5.56 Å². The van der Waals surface area contributed by atoms with Gasteiger partial charge in [-0.2, -0.15) is 0 Å². The maximum Gasteiger partial charge on any atom is 0.139 e. The van der Waals surface area contributed by atoms with Gasteiger partial charge in [0, 0.05) is 12.2 Å². The number of thiocarbonyl (C=S) groups is 1. The van der Waals surface area contributed by atoms with Gasteiger partial charge >= 0.3 is 0 Å². The van der Waals surface area contributed by atoms with Gasteiger partial charge in [-0.25, -0.2) is 9.97 Å². The summed E-state index contributed by atoms with van der Waals surface area (Å²) in [6, 6.07) is 0.480. The van der Waals surface area contributed by atoms with E-state index in [1.165, 1.54) is 51.3 Å². The number of hydrogen-bond acceptors (Lipinski definition) is 4. The molecule has 0 radical (unpaired) electrons. The van der Waals surface area contributed by atoms with E-state index in [0.29, 0.717) is 11.0 Å². The second-order valence-corrected chi connectivity index (χ2v) is 5.28. The van der Waals surface area contributed by atoms with E-state index in [-0.39, 0.29) is 0 Å². The highest BCUT2D eigenvalue weighted by atomic mass is 32.1. The molecule has 0 amide bonds. The molecular formula is C13H20N4S. The van der Waals surface area contributed by atoms with Crippen LogP contribution in [0.2, 0.25) is 0 Å². The fourth-order valence-electron chi connectivity index (χ4n) is 2.42.